The Morgan fingerprint density at radius 2 is 1.45 bits per heavy atom. The average molecular weight is 433 g/mol. The Hall–Kier alpha value is -3.38. The molecule has 4 rings (SSSR count). The highest BCUT2D eigenvalue weighted by Gasteiger charge is 2.28. The first kappa shape index (κ1) is 20.9. The molecule has 0 saturated carbocycles. The van der Waals surface area contributed by atoms with E-state index >= 15 is 0 Å². The topological polar surface area (TPSA) is 66.5 Å². The Labute approximate surface area is 183 Å². The van der Waals surface area contributed by atoms with Gasteiger partial charge in [-0.3, -0.25) is 9.10 Å². The molecule has 1 saturated heterocycles. The zero-order valence-corrected chi connectivity index (χ0v) is 17.8. The SMILES string of the molecule is O=C(/C=C/c1ccc(N2CCCS2(=O)=O)cc1)NC(c1ccccc1)c1ccccc1. The number of carbonyl (C=O) groups excluding carboxylic acids is 1. The number of nitrogens with one attached hydrogen (secondary N) is 1. The second-order valence-electron chi connectivity index (χ2n) is 7.43. The molecule has 158 valence electrons. The fourth-order valence-corrected chi connectivity index (χ4v) is 5.26. The Morgan fingerprint density at radius 3 is 1.97 bits per heavy atom. The van der Waals surface area contributed by atoms with Crippen molar-refractivity contribution in [3.05, 3.63) is 108 Å². The lowest BCUT2D eigenvalue weighted by Gasteiger charge is -2.19. The number of nitrogens with zero attached hydrogens (tertiary/aromatic N) is 1. The van der Waals surface area contributed by atoms with Gasteiger partial charge in [0.2, 0.25) is 15.9 Å². The molecule has 3 aromatic carbocycles. The maximum Gasteiger partial charge on any atom is 0.244 e. The summed E-state index contributed by atoms with van der Waals surface area (Å²) in [6.07, 6.45) is 3.87. The van der Waals surface area contributed by atoms with E-state index < -0.39 is 10.0 Å². The maximum absolute atomic E-state index is 12.6. The Balaban J connectivity index is 1.47. The van der Waals surface area contributed by atoms with Crippen LogP contribution in [0.1, 0.15) is 29.2 Å². The molecule has 0 radical (unpaired) electrons. The molecule has 31 heavy (non-hydrogen) atoms. The van der Waals surface area contributed by atoms with Crippen LogP contribution in [-0.2, 0) is 14.8 Å². The Morgan fingerprint density at radius 1 is 0.871 bits per heavy atom. The summed E-state index contributed by atoms with van der Waals surface area (Å²) >= 11 is 0. The molecule has 6 heteroatoms. The van der Waals surface area contributed by atoms with Crippen molar-refractivity contribution in [1.29, 1.82) is 0 Å². The minimum absolute atomic E-state index is 0.193. The molecular weight excluding hydrogens is 408 g/mol. The fraction of sp³-hybridized carbons (Fsp3) is 0.160. The fourth-order valence-electron chi connectivity index (χ4n) is 3.69. The first-order valence-electron chi connectivity index (χ1n) is 10.2. The van der Waals surface area contributed by atoms with Crippen LogP contribution in [0.5, 0.6) is 0 Å². The number of carbonyl (C=O) groups is 1. The van der Waals surface area contributed by atoms with Gasteiger partial charge >= 0.3 is 0 Å². The van der Waals surface area contributed by atoms with E-state index in [1.54, 1.807) is 18.2 Å². The van der Waals surface area contributed by atoms with Crippen molar-refractivity contribution in [2.45, 2.75) is 12.5 Å². The molecule has 1 heterocycles. The molecule has 3 aromatic rings. The van der Waals surface area contributed by atoms with Gasteiger partial charge in [-0.1, -0.05) is 72.8 Å². The van der Waals surface area contributed by atoms with E-state index in [0.717, 1.165) is 16.7 Å². The van der Waals surface area contributed by atoms with Crippen molar-refractivity contribution in [3.8, 4) is 0 Å². The van der Waals surface area contributed by atoms with Gasteiger partial charge in [-0.15, -0.1) is 0 Å². The van der Waals surface area contributed by atoms with Crippen molar-refractivity contribution in [2.75, 3.05) is 16.6 Å². The predicted octanol–water partition coefficient (Wildman–Crippen LogP) is 4.15. The number of amides is 1. The lowest BCUT2D eigenvalue weighted by molar-refractivity contribution is -0.116. The van der Waals surface area contributed by atoms with Crippen LogP contribution in [0.4, 0.5) is 5.69 Å². The van der Waals surface area contributed by atoms with Crippen molar-refractivity contribution >= 4 is 27.7 Å². The summed E-state index contributed by atoms with van der Waals surface area (Å²) in [5.74, 6) is -0.0114. The van der Waals surface area contributed by atoms with Crippen molar-refractivity contribution in [2.24, 2.45) is 0 Å². The minimum Gasteiger partial charge on any atom is -0.342 e. The highest BCUT2D eigenvalue weighted by molar-refractivity contribution is 7.93. The van der Waals surface area contributed by atoms with Gasteiger partial charge in [0.15, 0.2) is 0 Å². The molecule has 0 bridgehead atoms. The number of anilines is 1. The summed E-state index contributed by atoms with van der Waals surface area (Å²) in [4.78, 5) is 12.6. The number of hydrogen-bond acceptors (Lipinski definition) is 3. The Kier molecular flexibility index (Phi) is 6.18. The Bertz CT molecular complexity index is 1120. The molecule has 1 aliphatic heterocycles. The smallest absolute Gasteiger partial charge is 0.244 e. The van der Waals surface area contributed by atoms with Crippen LogP contribution in [0, 0.1) is 0 Å². The standard InChI is InChI=1S/C25H24N2O3S/c28-24(26-25(21-8-3-1-4-9-21)22-10-5-2-6-11-22)17-14-20-12-15-23(16-13-20)27-18-7-19-31(27,29)30/h1-6,8-17,25H,7,18-19H2,(H,26,28)/b17-14+. The molecule has 1 fully saturated rings. The largest absolute Gasteiger partial charge is 0.342 e. The van der Waals surface area contributed by atoms with Gasteiger partial charge in [-0.25, -0.2) is 8.42 Å². The zero-order chi connectivity index (χ0) is 21.7. The van der Waals surface area contributed by atoms with E-state index in [9.17, 15) is 13.2 Å². The van der Waals surface area contributed by atoms with Gasteiger partial charge < -0.3 is 5.32 Å². The third-order valence-electron chi connectivity index (χ3n) is 5.26. The van der Waals surface area contributed by atoms with Crippen LogP contribution in [0.25, 0.3) is 6.08 Å². The van der Waals surface area contributed by atoms with Gasteiger partial charge in [0, 0.05) is 12.6 Å². The lowest BCUT2D eigenvalue weighted by Crippen LogP contribution is -2.27. The van der Waals surface area contributed by atoms with Crippen LogP contribution >= 0.6 is 0 Å². The molecule has 1 aliphatic rings. The van der Waals surface area contributed by atoms with Crippen molar-refractivity contribution in [3.63, 3.8) is 0 Å². The quantitative estimate of drug-likeness (QED) is 0.595. The second kappa shape index (κ2) is 9.18. The molecular formula is C25H24N2O3S. The van der Waals surface area contributed by atoms with Crippen LogP contribution in [0.15, 0.2) is 91.0 Å². The summed E-state index contributed by atoms with van der Waals surface area (Å²) in [6.45, 7) is 0.514. The number of sulfonamides is 1. The lowest BCUT2D eigenvalue weighted by atomic mass is 9.98. The van der Waals surface area contributed by atoms with Gasteiger partial charge in [0.05, 0.1) is 17.5 Å². The summed E-state index contributed by atoms with van der Waals surface area (Å²) in [7, 11) is -3.19. The van der Waals surface area contributed by atoms with Crippen LogP contribution in [-0.4, -0.2) is 26.6 Å². The first-order valence-corrected chi connectivity index (χ1v) is 11.8. The van der Waals surface area contributed by atoms with E-state index in [0.29, 0.717) is 18.7 Å². The summed E-state index contributed by atoms with van der Waals surface area (Å²) in [5, 5.41) is 3.07. The normalized spacial score (nSPS) is 15.5. The first-order chi connectivity index (χ1) is 15.0. The second-order valence-corrected chi connectivity index (χ2v) is 9.44. The van der Waals surface area contributed by atoms with E-state index in [1.165, 1.54) is 10.4 Å². The number of hydrogen-bond donors (Lipinski definition) is 1. The molecule has 0 unspecified atom stereocenters. The van der Waals surface area contributed by atoms with E-state index in [2.05, 4.69) is 5.32 Å². The van der Waals surface area contributed by atoms with Crippen LogP contribution in [0.3, 0.4) is 0 Å². The molecule has 0 aromatic heterocycles. The molecule has 5 nitrogen and oxygen atoms in total. The monoisotopic (exact) mass is 432 g/mol. The van der Waals surface area contributed by atoms with Gasteiger partial charge in [0.25, 0.3) is 0 Å². The minimum atomic E-state index is -3.19. The van der Waals surface area contributed by atoms with E-state index in [-0.39, 0.29) is 17.7 Å². The molecule has 1 amide bonds. The highest BCUT2D eigenvalue weighted by atomic mass is 32.2. The average Bonchev–Trinajstić information content (AvgIpc) is 3.16. The molecule has 0 atom stereocenters. The van der Waals surface area contributed by atoms with Gasteiger partial charge in [-0.2, -0.15) is 0 Å². The number of benzene rings is 3. The van der Waals surface area contributed by atoms with E-state index in [4.69, 9.17) is 0 Å². The zero-order valence-electron chi connectivity index (χ0n) is 17.0. The van der Waals surface area contributed by atoms with Crippen LogP contribution in [0.2, 0.25) is 0 Å². The maximum atomic E-state index is 12.6. The third kappa shape index (κ3) is 5.03. The van der Waals surface area contributed by atoms with Crippen molar-refractivity contribution < 1.29 is 13.2 Å². The van der Waals surface area contributed by atoms with Crippen molar-refractivity contribution in [1.82, 2.24) is 5.32 Å². The van der Waals surface area contributed by atoms with Crippen LogP contribution < -0.4 is 9.62 Å². The summed E-state index contributed by atoms with van der Waals surface area (Å²) in [6, 6.07) is 26.6. The third-order valence-corrected chi connectivity index (χ3v) is 7.13. The highest BCUT2D eigenvalue weighted by Crippen LogP contribution is 2.25. The number of rotatable bonds is 6. The van der Waals surface area contributed by atoms with Gasteiger partial charge in [0.1, 0.15) is 0 Å². The summed E-state index contributed by atoms with van der Waals surface area (Å²) in [5.41, 5.74) is 3.50. The van der Waals surface area contributed by atoms with Gasteiger partial charge in [-0.05, 0) is 41.3 Å². The molecule has 0 spiro atoms. The predicted molar refractivity (Wildman–Crippen MR) is 124 cm³/mol. The molecule has 0 aliphatic carbocycles. The molecule has 1 N–H and O–H groups in total. The summed E-state index contributed by atoms with van der Waals surface area (Å²) < 4.78 is 25.6. The van der Waals surface area contributed by atoms with E-state index in [1.807, 2.05) is 72.8 Å².